The van der Waals surface area contributed by atoms with Gasteiger partial charge in [0.05, 0.1) is 0 Å². The second kappa shape index (κ2) is 60.6. The Morgan fingerprint density at radius 1 is 0.288 bits per heavy atom. The van der Waals surface area contributed by atoms with E-state index in [1.807, 2.05) is 0 Å². The van der Waals surface area contributed by atoms with Gasteiger partial charge in [0.2, 0.25) is 0 Å². The van der Waals surface area contributed by atoms with Crippen LogP contribution in [0.3, 0.4) is 0 Å². The molecule has 0 rings (SSSR count). The predicted octanol–water partition coefficient (Wildman–Crippen LogP) is 20.7. The van der Waals surface area contributed by atoms with Crippen molar-refractivity contribution in [1.29, 1.82) is 0 Å². The van der Waals surface area contributed by atoms with E-state index in [1.54, 1.807) is 0 Å². The number of rotatable bonds is 54. The second-order valence-electron chi connectivity index (χ2n) is 19.9. The summed E-state index contributed by atoms with van der Waals surface area (Å²) >= 11 is 0. The van der Waals surface area contributed by atoms with E-state index in [0.717, 1.165) is 103 Å². The van der Waals surface area contributed by atoms with Gasteiger partial charge in [-0.15, -0.1) is 0 Å². The molecule has 1 atom stereocenters. The maximum Gasteiger partial charge on any atom is 0.306 e. The molecule has 0 saturated heterocycles. The Hall–Kier alpha value is -3.93. The first-order chi connectivity index (χ1) is 36.0. The molecule has 6 nitrogen and oxygen atoms in total. The largest absolute Gasteiger partial charge is 0.462 e. The lowest BCUT2D eigenvalue weighted by Crippen LogP contribution is -2.30. The molecule has 0 aliphatic rings. The molecule has 6 heteroatoms. The summed E-state index contributed by atoms with van der Waals surface area (Å²) in [6.07, 6.45) is 82.4. The Balaban J connectivity index is 4.38. The van der Waals surface area contributed by atoms with Gasteiger partial charge in [0, 0.05) is 19.3 Å². The number of esters is 3. The standard InChI is InChI=1S/C67H112O6/c1-4-7-10-13-16-19-22-24-26-27-28-29-30-31-32-33-34-35-36-37-38-39-41-42-45-48-51-54-57-60-66(69)72-63-64(62-71-65(68)59-56-53-50-47-44-21-18-15-12-9-6-3)73-67(70)61-58-55-52-49-46-43-40-25-23-20-17-14-11-8-5-2/h7,10,16,19,24,26,28-29,31-32,34-35,37-38,41-42,48,51,64H,4-6,8-9,11-15,17-18,20-23,25,27,30,33,36,39-40,43-47,49-50,52-63H2,1-3H3/b10-7-,19-16-,26-24-,29-28-,32-31-,35-34-,38-37-,42-41-,51-48-. The number of carbonyl (C=O) groups excluding carboxylic acids is 3. The van der Waals surface area contributed by atoms with Crippen molar-refractivity contribution in [2.45, 2.75) is 284 Å². The van der Waals surface area contributed by atoms with Crippen LogP contribution in [-0.2, 0) is 28.6 Å². The van der Waals surface area contributed by atoms with Crippen molar-refractivity contribution in [2.75, 3.05) is 13.2 Å². The highest BCUT2D eigenvalue weighted by Gasteiger charge is 2.19. The van der Waals surface area contributed by atoms with E-state index in [0.29, 0.717) is 19.3 Å². The highest BCUT2D eigenvalue weighted by molar-refractivity contribution is 5.71. The van der Waals surface area contributed by atoms with E-state index in [-0.39, 0.29) is 37.5 Å². The van der Waals surface area contributed by atoms with Gasteiger partial charge in [-0.2, -0.15) is 0 Å². The smallest absolute Gasteiger partial charge is 0.306 e. The number of unbranched alkanes of at least 4 members (excludes halogenated alkanes) is 25. The molecule has 0 spiro atoms. The van der Waals surface area contributed by atoms with Crippen molar-refractivity contribution in [3.8, 4) is 0 Å². The third kappa shape index (κ3) is 58.8. The molecule has 0 aliphatic heterocycles. The van der Waals surface area contributed by atoms with E-state index < -0.39 is 6.10 Å². The summed E-state index contributed by atoms with van der Waals surface area (Å²) in [5, 5.41) is 0. The van der Waals surface area contributed by atoms with Gasteiger partial charge in [-0.1, -0.05) is 284 Å². The summed E-state index contributed by atoms with van der Waals surface area (Å²) in [7, 11) is 0. The third-order valence-electron chi connectivity index (χ3n) is 12.8. The lowest BCUT2D eigenvalue weighted by molar-refractivity contribution is -0.167. The van der Waals surface area contributed by atoms with Crippen molar-refractivity contribution >= 4 is 17.9 Å². The Labute approximate surface area is 450 Å². The van der Waals surface area contributed by atoms with Gasteiger partial charge in [0.15, 0.2) is 6.10 Å². The van der Waals surface area contributed by atoms with E-state index in [1.165, 1.54) is 128 Å². The number of ether oxygens (including phenoxy) is 3. The highest BCUT2D eigenvalue weighted by atomic mass is 16.6. The molecular formula is C67H112O6. The van der Waals surface area contributed by atoms with Crippen LogP contribution in [0.15, 0.2) is 109 Å². The second-order valence-corrected chi connectivity index (χ2v) is 19.9. The summed E-state index contributed by atoms with van der Waals surface area (Å²) in [6, 6.07) is 0. The first kappa shape index (κ1) is 69.1. The molecular weight excluding hydrogens is 901 g/mol. The molecule has 0 aromatic rings. The van der Waals surface area contributed by atoms with Gasteiger partial charge in [-0.25, -0.2) is 0 Å². The SMILES string of the molecule is CC/C=C\C/C=C\C/C=C\C/C=C\C/C=C\C/C=C\C/C=C\C/C=C\C/C=C\CCCC(=O)OCC(COC(=O)CCCCCCCCCCCCC)OC(=O)CCCCCCCCCCCCCCCCC. The molecule has 0 bridgehead atoms. The van der Waals surface area contributed by atoms with E-state index in [2.05, 4.69) is 130 Å². The number of hydrogen-bond donors (Lipinski definition) is 0. The zero-order valence-electron chi connectivity index (χ0n) is 47.6. The predicted molar refractivity (Wildman–Crippen MR) is 316 cm³/mol. The third-order valence-corrected chi connectivity index (χ3v) is 12.8. The first-order valence-corrected chi connectivity index (χ1v) is 30.4. The van der Waals surface area contributed by atoms with Gasteiger partial charge in [0.25, 0.3) is 0 Å². The number of allylic oxidation sites excluding steroid dienone is 18. The topological polar surface area (TPSA) is 78.9 Å². The van der Waals surface area contributed by atoms with Gasteiger partial charge < -0.3 is 14.2 Å². The molecule has 73 heavy (non-hydrogen) atoms. The van der Waals surface area contributed by atoms with Gasteiger partial charge in [-0.05, 0) is 83.5 Å². The molecule has 0 amide bonds. The van der Waals surface area contributed by atoms with Crippen LogP contribution >= 0.6 is 0 Å². The van der Waals surface area contributed by atoms with Crippen molar-refractivity contribution in [3.05, 3.63) is 109 Å². The molecule has 0 saturated carbocycles. The fourth-order valence-electron chi connectivity index (χ4n) is 8.27. The molecule has 416 valence electrons. The number of hydrogen-bond acceptors (Lipinski definition) is 6. The Morgan fingerprint density at radius 3 is 0.836 bits per heavy atom. The van der Waals surface area contributed by atoms with Crippen molar-refractivity contribution in [1.82, 2.24) is 0 Å². The van der Waals surface area contributed by atoms with Crippen molar-refractivity contribution in [3.63, 3.8) is 0 Å². The van der Waals surface area contributed by atoms with E-state index in [9.17, 15) is 14.4 Å². The molecule has 0 radical (unpaired) electrons. The summed E-state index contributed by atoms with van der Waals surface area (Å²) in [5.41, 5.74) is 0. The summed E-state index contributed by atoms with van der Waals surface area (Å²) in [6.45, 7) is 6.48. The highest BCUT2D eigenvalue weighted by Crippen LogP contribution is 2.16. The molecule has 0 heterocycles. The first-order valence-electron chi connectivity index (χ1n) is 30.4. The normalized spacial score (nSPS) is 12.9. The molecule has 0 fully saturated rings. The van der Waals surface area contributed by atoms with Gasteiger partial charge in [0.1, 0.15) is 13.2 Å². The summed E-state index contributed by atoms with van der Waals surface area (Å²) in [4.78, 5) is 38.1. The van der Waals surface area contributed by atoms with Crippen LogP contribution in [0.1, 0.15) is 278 Å². The average molecular weight is 1010 g/mol. The quantitative estimate of drug-likeness (QED) is 0.0261. The Kier molecular flexibility index (Phi) is 57.4. The van der Waals surface area contributed by atoms with E-state index >= 15 is 0 Å². The zero-order valence-corrected chi connectivity index (χ0v) is 47.6. The number of carbonyl (C=O) groups is 3. The molecule has 0 aromatic heterocycles. The van der Waals surface area contributed by atoms with Crippen molar-refractivity contribution < 1.29 is 28.6 Å². The van der Waals surface area contributed by atoms with Crippen LogP contribution in [0.25, 0.3) is 0 Å². The minimum atomic E-state index is -0.799. The monoisotopic (exact) mass is 1010 g/mol. The fourth-order valence-corrected chi connectivity index (χ4v) is 8.27. The van der Waals surface area contributed by atoms with Crippen LogP contribution in [0.2, 0.25) is 0 Å². The van der Waals surface area contributed by atoms with Crippen LogP contribution in [-0.4, -0.2) is 37.2 Å². The Bertz CT molecular complexity index is 1490. The van der Waals surface area contributed by atoms with Crippen LogP contribution in [0, 0.1) is 0 Å². The fraction of sp³-hybridized carbons (Fsp3) is 0.687. The lowest BCUT2D eigenvalue weighted by atomic mass is 10.0. The lowest BCUT2D eigenvalue weighted by Gasteiger charge is -2.18. The van der Waals surface area contributed by atoms with Crippen LogP contribution in [0.5, 0.6) is 0 Å². The van der Waals surface area contributed by atoms with Gasteiger partial charge >= 0.3 is 17.9 Å². The minimum absolute atomic E-state index is 0.0930. The molecule has 0 aromatic carbocycles. The zero-order chi connectivity index (χ0) is 52.9. The Morgan fingerprint density at radius 2 is 0.534 bits per heavy atom. The van der Waals surface area contributed by atoms with E-state index in [4.69, 9.17) is 14.2 Å². The van der Waals surface area contributed by atoms with Crippen LogP contribution in [0.4, 0.5) is 0 Å². The average Bonchev–Trinajstić information content (AvgIpc) is 3.39. The van der Waals surface area contributed by atoms with Crippen molar-refractivity contribution in [2.24, 2.45) is 0 Å². The summed E-state index contributed by atoms with van der Waals surface area (Å²) in [5.74, 6) is -0.950. The molecule has 0 aliphatic carbocycles. The maximum atomic E-state index is 12.8. The van der Waals surface area contributed by atoms with Gasteiger partial charge in [-0.3, -0.25) is 14.4 Å². The molecule has 1 unspecified atom stereocenters. The maximum absolute atomic E-state index is 12.8. The van der Waals surface area contributed by atoms with Crippen LogP contribution < -0.4 is 0 Å². The summed E-state index contributed by atoms with van der Waals surface area (Å²) < 4.78 is 16.8. The molecule has 0 N–H and O–H groups in total. The minimum Gasteiger partial charge on any atom is -0.462 e.